The van der Waals surface area contributed by atoms with E-state index >= 15 is 0 Å². The number of para-hydroxylation sites is 3. The lowest BCUT2D eigenvalue weighted by Crippen LogP contribution is -2.19. The number of nitriles is 1. The normalized spacial score (nSPS) is 12.0. The van der Waals surface area contributed by atoms with Gasteiger partial charge in [-0.1, -0.05) is 66.7 Å². The first-order chi connectivity index (χ1) is 19.3. The summed E-state index contributed by atoms with van der Waals surface area (Å²) in [4.78, 5) is 22.2. The molecule has 3 aromatic heterocycles. The molecule has 4 heterocycles. The second kappa shape index (κ2) is 8.17. The summed E-state index contributed by atoms with van der Waals surface area (Å²) in [6.45, 7) is 0. The highest BCUT2D eigenvalue weighted by Crippen LogP contribution is 2.49. The molecule has 6 nitrogen and oxygen atoms in total. The zero-order valence-electron chi connectivity index (χ0n) is 20.6. The van der Waals surface area contributed by atoms with Gasteiger partial charge < -0.3 is 0 Å². The highest BCUT2D eigenvalue weighted by Gasteiger charge is 2.31. The molecule has 0 saturated heterocycles. The number of nitrogens with zero attached hydrogens (tertiary/aromatic N) is 6. The van der Waals surface area contributed by atoms with E-state index in [9.17, 15) is 5.26 Å². The van der Waals surface area contributed by atoms with Crippen molar-refractivity contribution in [3.63, 3.8) is 0 Å². The van der Waals surface area contributed by atoms with Gasteiger partial charge in [0.15, 0.2) is 5.82 Å². The van der Waals surface area contributed by atoms with E-state index in [4.69, 9.17) is 19.9 Å². The van der Waals surface area contributed by atoms with Gasteiger partial charge in [0.25, 0.3) is 0 Å². The van der Waals surface area contributed by atoms with Crippen LogP contribution >= 0.6 is 0 Å². The first kappa shape index (κ1) is 21.4. The molecule has 7 aromatic rings. The van der Waals surface area contributed by atoms with Crippen LogP contribution < -0.4 is 4.90 Å². The summed E-state index contributed by atoms with van der Waals surface area (Å²) in [5, 5.41) is 13.6. The molecule has 4 aromatic carbocycles. The monoisotopic (exact) mass is 498 g/mol. The van der Waals surface area contributed by atoms with Gasteiger partial charge in [0.2, 0.25) is 5.95 Å². The van der Waals surface area contributed by atoms with Crippen LogP contribution in [-0.4, -0.2) is 19.9 Å². The lowest BCUT2D eigenvalue weighted by molar-refractivity contribution is 1.08. The van der Waals surface area contributed by atoms with Crippen molar-refractivity contribution in [3.05, 3.63) is 115 Å². The summed E-state index contributed by atoms with van der Waals surface area (Å²) in [6.07, 6.45) is 1.87. The highest BCUT2D eigenvalue weighted by molar-refractivity contribution is 6.19. The molecule has 6 heteroatoms. The second-order valence-electron chi connectivity index (χ2n) is 9.47. The van der Waals surface area contributed by atoms with Crippen molar-refractivity contribution in [2.24, 2.45) is 0 Å². The molecule has 1 aliphatic heterocycles. The van der Waals surface area contributed by atoms with Crippen LogP contribution in [0, 0.1) is 11.3 Å². The number of hydrogen-bond donors (Lipinski definition) is 0. The largest absolute Gasteiger partial charge is 0.262 e. The van der Waals surface area contributed by atoms with Crippen LogP contribution in [0.5, 0.6) is 0 Å². The molecule has 0 amide bonds. The van der Waals surface area contributed by atoms with Gasteiger partial charge in [-0.15, -0.1) is 0 Å². The third-order valence-electron chi connectivity index (χ3n) is 7.26. The Morgan fingerprint density at radius 2 is 1.41 bits per heavy atom. The number of aromatic nitrogens is 4. The summed E-state index contributed by atoms with van der Waals surface area (Å²) in [7, 11) is 0. The molecule has 0 fully saturated rings. The maximum atomic E-state index is 9.55. The molecule has 0 N–H and O–H groups in total. The van der Waals surface area contributed by atoms with Crippen LogP contribution in [0.15, 0.2) is 109 Å². The molecule has 8 rings (SSSR count). The minimum atomic E-state index is 0.511. The number of benzene rings is 4. The maximum Gasteiger partial charge on any atom is 0.237 e. The molecule has 1 aliphatic rings. The van der Waals surface area contributed by atoms with Gasteiger partial charge in [0.1, 0.15) is 0 Å². The minimum Gasteiger partial charge on any atom is -0.262 e. The van der Waals surface area contributed by atoms with E-state index in [1.165, 1.54) is 0 Å². The van der Waals surface area contributed by atoms with Gasteiger partial charge in [-0.2, -0.15) is 5.26 Å². The summed E-state index contributed by atoms with van der Waals surface area (Å²) in [6, 6.07) is 36.2. The second-order valence-corrected chi connectivity index (χ2v) is 9.47. The highest BCUT2D eigenvalue weighted by atomic mass is 15.3. The van der Waals surface area contributed by atoms with Crippen LogP contribution in [0.1, 0.15) is 5.56 Å². The Morgan fingerprint density at radius 3 is 2.28 bits per heavy atom. The van der Waals surface area contributed by atoms with Crippen molar-refractivity contribution in [3.8, 4) is 28.6 Å². The standard InChI is InChI=1S/C33H18N6/c34-19-20-8-7-9-21(18-20)30-24-11-2-5-14-27(24)37-33(38-30)39-28-15-6-3-12-25(28)31-29-23(16-17-35-31)22-10-1-4-13-26(22)36-32(29)39/h1-18H. The van der Waals surface area contributed by atoms with Gasteiger partial charge in [-0.3, -0.25) is 9.88 Å². The van der Waals surface area contributed by atoms with Gasteiger partial charge in [0, 0.05) is 28.1 Å². The predicted molar refractivity (Wildman–Crippen MR) is 154 cm³/mol. The molecule has 0 bridgehead atoms. The average molecular weight is 499 g/mol. The molecule has 39 heavy (non-hydrogen) atoms. The number of hydrogen-bond acceptors (Lipinski definition) is 6. The molecule has 0 radical (unpaired) electrons. The maximum absolute atomic E-state index is 9.55. The molecule has 0 spiro atoms. The van der Waals surface area contributed by atoms with Crippen molar-refractivity contribution < 1.29 is 0 Å². The van der Waals surface area contributed by atoms with Crippen molar-refractivity contribution in [1.29, 1.82) is 5.26 Å². The van der Waals surface area contributed by atoms with Gasteiger partial charge in [-0.05, 0) is 41.8 Å². The number of pyridine rings is 2. The first-order valence-corrected chi connectivity index (χ1v) is 12.6. The molecule has 0 atom stereocenters. The number of rotatable bonds is 2. The molecule has 180 valence electrons. The van der Waals surface area contributed by atoms with E-state index in [0.717, 1.165) is 66.6 Å². The van der Waals surface area contributed by atoms with Crippen LogP contribution in [0.4, 0.5) is 17.5 Å². The van der Waals surface area contributed by atoms with E-state index in [0.29, 0.717) is 11.5 Å². The Kier molecular flexibility index (Phi) is 4.49. The molecule has 0 saturated carbocycles. The zero-order chi connectivity index (χ0) is 25.9. The van der Waals surface area contributed by atoms with E-state index < -0.39 is 0 Å². The van der Waals surface area contributed by atoms with Crippen LogP contribution in [0.2, 0.25) is 0 Å². The van der Waals surface area contributed by atoms with Crippen LogP contribution in [0.3, 0.4) is 0 Å². The minimum absolute atomic E-state index is 0.511. The predicted octanol–water partition coefficient (Wildman–Crippen LogP) is 7.72. The van der Waals surface area contributed by atoms with Crippen molar-refractivity contribution in [1.82, 2.24) is 19.9 Å². The Morgan fingerprint density at radius 1 is 0.641 bits per heavy atom. The van der Waals surface area contributed by atoms with Crippen LogP contribution in [-0.2, 0) is 0 Å². The summed E-state index contributed by atoms with van der Waals surface area (Å²) < 4.78 is 0. The topological polar surface area (TPSA) is 78.6 Å². The fourth-order valence-corrected chi connectivity index (χ4v) is 5.55. The fraction of sp³-hybridized carbons (Fsp3) is 0. The van der Waals surface area contributed by atoms with Gasteiger partial charge >= 0.3 is 0 Å². The number of anilines is 3. The van der Waals surface area contributed by atoms with Crippen molar-refractivity contribution in [2.75, 3.05) is 4.90 Å². The fourth-order valence-electron chi connectivity index (χ4n) is 5.55. The SMILES string of the molecule is N#Cc1cccc(-c2nc(N3c4ccccc4-c4nccc5c4c3nc3ccccc35)nc3ccccc23)c1. The Bertz CT molecular complexity index is 2160. The molecular formula is C33H18N6. The quantitative estimate of drug-likeness (QED) is 0.227. The van der Waals surface area contributed by atoms with E-state index in [-0.39, 0.29) is 0 Å². The van der Waals surface area contributed by atoms with Crippen molar-refractivity contribution >= 4 is 50.0 Å². The van der Waals surface area contributed by atoms with Gasteiger partial charge in [0.05, 0.1) is 45.1 Å². The Balaban J connectivity index is 1.49. The average Bonchev–Trinajstić information content (AvgIpc) is 3.01. The molecule has 0 aliphatic carbocycles. The van der Waals surface area contributed by atoms with E-state index in [2.05, 4.69) is 30.3 Å². The zero-order valence-corrected chi connectivity index (χ0v) is 20.6. The van der Waals surface area contributed by atoms with E-state index in [1.54, 1.807) is 6.07 Å². The molecule has 0 unspecified atom stereocenters. The lowest BCUT2D eigenvalue weighted by atomic mass is 9.96. The van der Waals surface area contributed by atoms with Crippen LogP contribution in [0.25, 0.3) is 55.1 Å². The number of fused-ring (bicyclic) bond motifs is 5. The Labute approximate surface area is 223 Å². The molecular weight excluding hydrogens is 480 g/mol. The first-order valence-electron chi connectivity index (χ1n) is 12.6. The van der Waals surface area contributed by atoms with E-state index in [1.807, 2.05) is 83.9 Å². The smallest absolute Gasteiger partial charge is 0.237 e. The lowest BCUT2D eigenvalue weighted by Gasteiger charge is -2.31. The summed E-state index contributed by atoms with van der Waals surface area (Å²) in [5.74, 6) is 1.26. The third-order valence-corrected chi connectivity index (χ3v) is 7.26. The summed E-state index contributed by atoms with van der Waals surface area (Å²) in [5.41, 5.74) is 6.72. The van der Waals surface area contributed by atoms with Crippen molar-refractivity contribution in [2.45, 2.75) is 0 Å². The van der Waals surface area contributed by atoms with Gasteiger partial charge in [-0.25, -0.2) is 15.0 Å². The third kappa shape index (κ3) is 3.14. The Hall–Kier alpha value is -5.67. The summed E-state index contributed by atoms with van der Waals surface area (Å²) >= 11 is 0.